The summed E-state index contributed by atoms with van der Waals surface area (Å²) >= 11 is 0. The van der Waals surface area contributed by atoms with E-state index in [1.54, 1.807) is 12.1 Å². The van der Waals surface area contributed by atoms with Crippen LogP contribution in [0.3, 0.4) is 0 Å². The van der Waals surface area contributed by atoms with Crippen molar-refractivity contribution in [1.82, 2.24) is 4.98 Å². The number of ketones is 1. The SMILES string of the molecule is CC(C)C(=O)c1cc2cc(CCC(C)(C)[Si](O)(c3ccccc3)c3ccccc3)c(S(C)(=O)=O)cc2[nH]1. The molecule has 2 N–H and O–H groups in total. The summed E-state index contributed by atoms with van der Waals surface area (Å²) in [6.45, 7) is 7.84. The molecule has 1 heterocycles. The van der Waals surface area contributed by atoms with Crippen molar-refractivity contribution >= 4 is 45.2 Å². The minimum absolute atomic E-state index is 0.0124. The number of hydrogen-bond acceptors (Lipinski definition) is 4. The number of carbonyl (C=O) groups excluding carboxylic acids is 1. The molecule has 0 unspecified atom stereocenters. The number of fused-ring (bicyclic) bond motifs is 1. The van der Waals surface area contributed by atoms with Crippen molar-refractivity contribution in [1.29, 1.82) is 0 Å². The summed E-state index contributed by atoms with van der Waals surface area (Å²) in [4.78, 5) is 28.4. The Hall–Kier alpha value is -3.00. The van der Waals surface area contributed by atoms with Crippen molar-refractivity contribution in [2.45, 2.75) is 50.5 Å². The van der Waals surface area contributed by atoms with Gasteiger partial charge >= 0.3 is 0 Å². The lowest BCUT2D eigenvalue weighted by atomic mass is 10.0. The van der Waals surface area contributed by atoms with Crippen LogP contribution in [0.4, 0.5) is 0 Å². The molecule has 0 aliphatic heterocycles. The van der Waals surface area contributed by atoms with Gasteiger partial charge in [-0.3, -0.25) is 4.79 Å². The van der Waals surface area contributed by atoms with Crippen LogP contribution >= 0.6 is 0 Å². The van der Waals surface area contributed by atoms with Gasteiger partial charge in [0.15, 0.2) is 15.6 Å². The molecule has 7 heteroatoms. The molecule has 0 fully saturated rings. The average molecular weight is 534 g/mol. The zero-order chi connectivity index (χ0) is 27.0. The molecule has 4 aromatic rings. The number of rotatable bonds is 9. The Morgan fingerprint density at radius 3 is 1.97 bits per heavy atom. The number of H-pyrrole nitrogens is 1. The summed E-state index contributed by atoms with van der Waals surface area (Å²) in [5.41, 5.74) is 1.81. The molecule has 37 heavy (non-hydrogen) atoms. The fraction of sp³-hybridized carbons (Fsp3) is 0.300. The highest BCUT2D eigenvalue weighted by Gasteiger charge is 2.49. The maximum absolute atomic E-state index is 12.8. The monoisotopic (exact) mass is 533 g/mol. The van der Waals surface area contributed by atoms with Gasteiger partial charge in [-0.1, -0.05) is 88.4 Å². The first-order valence-corrected chi connectivity index (χ1v) is 16.4. The lowest BCUT2D eigenvalue weighted by Gasteiger charge is -2.41. The average Bonchev–Trinajstić information content (AvgIpc) is 3.29. The highest BCUT2D eigenvalue weighted by atomic mass is 32.2. The fourth-order valence-corrected chi connectivity index (χ4v) is 9.83. The number of Topliss-reactive ketones (excluding diaryl/α,β-unsaturated/α-hetero) is 1. The number of nitrogens with one attached hydrogen (secondary N) is 1. The number of sulfone groups is 1. The van der Waals surface area contributed by atoms with Crippen molar-refractivity contribution in [3.05, 3.63) is 90.1 Å². The van der Waals surface area contributed by atoms with Gasteiger partial charge in [-0.15, -0.1) is 0 Å². The van der Waals surface area contributed by atoms with E-state index in [1.165, 1.54) is 6.26 Å². The second kappa shape index (κ2) is 10.0. The maximum Gasteiger partial charge on any atom is 0.258 e. The first kappa shape index (κ1) is 27.0. The molecule has 4 rings (SSSR count). The van der Waals surface area contributed by atoms with Crippen molar-refractivity contribution in [2.24, 2.45) is 5.92 Å². The molecule has 0 amide bonds. The largest absolute Gasteiger partial charge is 0.424 e. The maximum atomic E-state index is 12.8. The number of carbonyl (C=O) groups is 1. The van der Waals surface area contributed by atoms with Crippen LogP contribution in [0.15, 0.2) is 83.8 Å². The van der Waals surface area contributed by atoms with Crippen molar-refractivity contribution < 1.29 is 18.0 Å². The molecule has 0 aliphatic rings. The minimum Gasteiger partial charge on any atom is -0.424 e. The van der Waals surface area contributed by atoms with Crippen LogP contribution in [0.1, 0.15) is 50.2 Å². The Bertz CT molecular complexity index is 1480. The van der Waals surface area contributed by atoms with E-state index in [1.807, 2.05) is 80.6 Å². The standard InChI is InChI=1S/C30H35NO4SSi/c1-21(2)29(32)27-19-23-18-22(28(36(5,33)34)20-26(23)31-27)16-17-30(3,4)37(35,24-12-8-6-9-13-24)25-14-10-7-11-15-25/h6-15,18-21,31,35H,16-17H2,1-5H3. The van der Waals surface area contributed by atoms with Crippen LogP contribution in [0.2, 0.25) is 5.04 Å². The van der Waals surface area contributed by atoms with Crippen LogP contribution in [0.5, 0.6) is 0 Å². The van der Waals surface area contributed by atoms with Crippen molar-refractivity contribution in [2.75, 3.05) is 6.26 Å². The molecule has 0 aliphatic carbocycles. The van der Waals surface area contributed by atoms with Gasteiger partial charge in [0, 0.05) is 23.1 Å². The third kappa shape index (κ3) is 5.21. The molecule has 0 saturated heterocycles. The van der Waals surface area contributed by atoms with Gasteiger partial charge in [0.2, 0.25) is 0 Å². The van der Waals surface area contributed by atoms with Crippen LogP contribution < -0.4 is 10.4 Å². The Balaban J connectivity index is 1.77. The van der Waals surface area contributed by atoms with Crippen molar-refractivity contribution in [3.63, 3.8) is 0 Å². The summed E-state index contributed by atoms with van der Waals surface area (Å²) in [5, 5.41) is 2.14. The van der Waals surface area contributed by atoms with Crippen LogP contribution in [-0.2, 0) is 16.3 Å². The lowest BCUT2D eigenvalue weighted by molar-refractivity contribution is 0.0935. The molecule has 0 saturated carbocycles. The van der Waals surface area contributed by atoms with Gasteiger partial charge in [0.05, 0.1) is 10.6 Å². The Kier molecular flexibility index (Phi) is 7.34. The Morgan fingerprint density at radius 1 is 0.946 bits per heavy atom. The number of aromatic amines is 1. The number of aryl methyl sites for hydroxylation is 1. The topological polar surface area (TPSA) is 87.2 Å². The van der Waals surface area contributed by atoms with Gasteiger partial charge in [-0.2, -0.15) is 0 Å². The van der Waals surface area contributed by atoms with Gasteiger partial charge < -0.3 is 9.78 Å². The van der Waals surface area contributed by atoms with Crippen LogP contribution in [0.25, 0.3) is 10.9 Å². The van der Waals surface area contributed by atoms with Gasteiger partial charge in [-0.05, 0) is 52.0 Å². The molecule has 0 bridgehead atoms. The van der Waals surface area contributed by atoms with Crippen LogP contribution in [0, 0.1) is 5.92 Å². The second-order valence-electron chi connectivity index (χ2n) is 10.8. The summed E-state index contributed by atoms with van der Waals surface area (Å²) < 4.78 is 25.6. The molecule has 5 nitrogen and oxygen atoms in total. The molecule has 0 spiro atoms. The normalized spacial score (nSPS) is 12.8. The van der Waals surface area contributed by atoms with E-state index in [4.69, 9.17) is 0 Å². The van der Waals surface area contributed by atoms with E-state index >= 15 is 0 Å². The molecule has 1 aromatic heterocycles. The lowest BCUT2D eigenvalue weighted by Crippen LogP contribution is -2.65. The minimum atomic E-state index is -3.52. The summed E-state index contributed by atoms with van der Waals surface area (Å²) in [5.74, 6) is -0.178. The molecular weight excluding hydrogens is 498 g/mol. The summed E-state index contributed by atoms with van der Waals surface area (Å²) in [7, 11) is -6.74. The van der Waals surface area contributed by atoms with Crippen molar-refractivity contribution in [3.8, 4) is 0 Å². The highest BCUT2D eigenvalue weighted by Crippen LogP contribution is 2.40. The van der Waals surface area contributed by atoms with E-state index in [-0.39, 0.29) is 16.6 Å². The van der Waals surface area contributed by atoms with E-state index in [2.05, 4.69) is 18.8 Å². The van der Waals surface area contributed by atoms with Gasteiger partial charge in [-0.25, -0.2) is 8.42 Å². The molecule has 3 aromatic carbocycles. The first-order valence-electron chi connectivity index (χ1n) is 12.6. The molecule has 0 atom stereocenters. The van der Waals surface area contributed by atoms with E-state index < -0.39 is 23.2 Å². The van der Waals surface area contributed by atoms with Crippen LogP contribution in [-0.4, -0.2) is 38.6 Å². The Morgan fingerprint density at radius 2 is 1.49 bits per heavy atom. The predicted molar refractivity (Wildman–Crippen MR) is 153 cm³/mol. The molecule has 0 radical (unpaired) electrons. The zero-order valence-corrected chi connectivity index (χ0v) is 23.9. The third-order valence-corrected chi connectivity index (χ3v) is 13.1. The third-order valence-electron chi connectivity index (χ3n) is 7.37. The molecular formula is C30H35NO4SSi. The van der Waals surface area contributed by atoms with Gasteiger partial charge in [0.25, 0.3) is 8.32 Å². The quantitative estimate of drug-likeness (QED) is 0.237. The van der Waals surface area contributed by atoms with E-state index in [9.17, 15) is 18.0 Å². The number of benzene rings is 3. The van der Waals surface area contributed by atoms with Gasteiger partial charge in [0.1, 0.15) is 0 Å². The smallest absolute Gasteiger partial charge is 0.258 e. The summed E-state index contributed by atoms with van der Waals surface area (Å²) in [6.07, 6.45) is 2.26. The number of aromatic nitrogens is 1. The molecule has 194 valence electrons. The second-order valence-corrected chi connectivity index (χ2v) is 16.8. The number of hydrogen-bond donors (Lipinski definition) is 2. The first-order chi connectivity index (χ1) is 17.3. The summed E-state index contributed by atoms with van der Waals surface area (Å²) in [6, 6.07) is 25.0. The zero-order valence-electron chi connectivity index (χ0n) is 22.1. The van der Waals surface area contributed by atoms with E-state index in [0.717, 1.165) is 15.8 Å². The van der Waals surface area contributed by atoms with E-state index in [0.29, 0.717) is 29.6 Å². The Labute approximate surface area is 220 Å². The highest BCUT2D eigenvalue weighted by molar-refractivity contribution is 7.90. The predicted octanol–water partition coefficient (Wildman–Crippen LogP) is 4.88. The fourth-order valence-electron chi connectivity index (χ4n) is 5.13.